The number of amides is 4. The largest absolute Gasteiger partial charge is 0.370 e. The number of carbonyl (C=O) groups is 3. The van der Waals surface area contributed by atoms with Crippen molar-refractivity contribution < 1.29 is 14.4 Å². The maximum atomic E-state index is 12.6. The third-order valence-electron chi connectivity index (χ3n) is 4.10. The van der Waals surface area contributed by atoms with Gasteiger partial charge in [0.2, 0.25) is 11.8 Å². The van der Waals surface area contributed by atoms with E-state index in [4.69, 9.17) is 5.73 Å². The third-order valence-corrected chi connectivity index (χ3v) is 4.10. The smallest absolute Gasteiger partial charge is 0.319 e. The quantitative estimate of drug-likeness (QED) is 0.760. The second-order valence-corrected chi connectivity index (χ2v) is 6.04. The minimum Gasteiger partial charge on any atom is -0.370 e. The number of para-hydroxylation sites is 1. The molecule has 4 amide bonds. The zero-order valence-corrected chi connectivity index (χ0v) is 13.8. The van der Waals surface area contributed by atoms with Crippen molar-refractivity contribution in [3.8, 4) is 0 Å². The highest BCUT2D eigenvalue weighted by Crippen LogP contribution is 2.20. The van der Waals surface area contributed by atoms with Crippen LogP contribution in [0, 0.1) is 0 Å². The lowest BCUT2D eigenvalue weighted by atomic mass is 9.98. The van der Waals surface area contributed by atoms with Gasteiger partial charge in [-0.3, -0.25) is 9.59 Å². The van der Waals surface area contributed by atoms with Crippen molar-refractivity contribution >= 4 is 23.5 Å². The van der Waals surface area contributed by atoms with Crippen LogP contribution < -0.4 is 16.4 Å². The molecule has 1 aliphatic rings. The molecule has 24 heavy (non-hydrogen) atoms. The molecular weight excluding hydrogens is 308 g/mol. The summed E-state index contributed by atoms with van der Waals surface area (Å²) in [5.74, 6) is -0.605. The number of urea groups is 1. The number of rotatable bonds is 5. The Morgan fingerprint density at radius 3 is 2.62 bits per heavy atom. The summed E-state index contributed by atoms with van der Waals surface area (Å²) in [5.41, 5.74) is 5.92. The van der Waals surface area contributed by atoms with Gasteiger partial charge in [0.1, 0.15) is 6.04 Å². The number of primary amides is 1. The van der Waals surface area contributed by atoms with Gasteiger partial charge in [0, 0.05) is 24.7 Å². The van der Waals surface area contributed by atoms with E-state index in [0.717, 1.165) is 19.3 Å². The molecule has 4 N–H and O–H groups in total. The number of hydrogen-bond acceptors (Lipinski definition) is 3. The number of nitrogens with one attached hydrogen (secondary N) is 2. The van der Waals surface area contributed by atoms with E-state index in [1.165, 1.54) is 0 Å². The minimum atomic E-state index is -0.679. The number of anilines is 1. The molecule has 0 aliphatic carbocycles. The molecule has 0 radical (unpaired) electrons. The second-order valence-electron chi connectivity index (χ2n) is 6.04. The monoisotopic (exact) mass is 332 g/mol. The Balaban J connectivity index is 1.92. The van der Waals surface area contributed by atoms with Gasteiger partial charge >= 0.3 is 6.03 Å². The van der Waals surface area contributed by atoms with E-state index in [0.29, 0.717) is 12.2 Å². The molecule has 2 atom stereocenters. The molecule has 1 heterocycles. The summed E-state index contributed by atoms with van der Waals surface area (Å²) in [5, 5.41) is 5.32. The van der Waals surface area contributed by atoms with Crippen LogP contribution >= 0.6 is 0 Å². The number of likely N-dealkylation sites (tertiary alicyclic amines) is 1. The predicted molar refractivity (Wildman–Crippen MR) is 91.2 cm³/mol. The highest BCUT2D eigenvalue weighted by atomic mass is 16.2. The normalized spacial score (nSPS) is 18.5. The zero-order valence-electron chi connectivity index (χ0n) is 13.8. The summed E-state index contributed by atoms with van der Waals surface area (Å²) < 4.78 is 0. The van der Waals surface area contributed by atoms with E-state index in [2.05, 4.69) is 10.6 Å². The summed E-state index contributed by atoms with van der Waals surface area (Å²) in [7, 11) is 0. The SMILES string of the molecule is C[C@@H](NC(=O)Nc1ccccc1)C(=O)N1CCCC[C@@H]1CC(N)=O. The van der Waals surface area contributed by atoms with Crippen LogP contribution in [-0.2, 0) is 9.59 Å². The molecular formula is C17H24N4O3. The van der Waals surface area contributed by atoms with Crippen LogP contribution in [0.4, 0.5) is 10.5 Å². The lowest BCUT2D eigenvalue weighted by Gasteiger charge is -2.36. The molecule has 1 fully saturated rings. The number of nitrogens with two attached hydrogens (primary N) is 1. The van der Waals surface area contributed by atoms with Gasteiger partial charge in [0.15, 0.2) is 0 Å². The molecule has 1 saturated heterocycles. The highest BCUT2D eigenvalue weighted by molar-refractivity contribution is 5.93. The van der Waals surface area contributed by atoms with Gasteiger partial charge in [-0.15, -0.1) is 0 Å². The van der Waals surface area contributed by atoms with Gasteiger partial charge in [-0.25, -0.2) is 4.79 Å². The third kappa shape index (κ3) is 4.97. The van der Waals surface area contributed by atoms with Crippen molar-refractivity contribution in [2.45, 2.75) is 44.7 Å². The van der Waals surface area contributed by atoms with E-state index in [-0.39, 0.29) is 18.4 Å². The predicted octanol–water partition coefficient (Wildman–Crippen LogP) is 1.45. The van der Waals surface area contributed by atoms with Crippen LogP contribution in [0.1, 0.15) is 32.6 Å². The zero-order chi connectivity index (χ0) is 17.5. The number of piperidine rings is 1. The minimum absolute atomic E-state index is 0.161. The summed E-state index contributed by atoms with van der Waals surface area (Å²) in [6, 6.07) is 7.71. The van der Waals surface area contributed by atoms with Crippen molar-refractivity contribution in [2.75, 3.05) is 11.9 Å². The number of hydrogen-bond donors (Lipinski definition) is 3. The Bertz CT molecular complexity index is 591. The Kier molecular flexibility index (Phi) is 6.17. The highest BCUT2D eigenvalue weighted by Gasteiger charge is 2.31. The second kappa shape index (κ2) is 8.33. The van der Waals surface area contributed by atoms with Crippen LogP contribution in [0.25, 0.3) is 0 Å². The van der Waals surface area contributed by atoms with E-state index in [1.807, 2.05) is 18.2 Å². The molecule has 1 aromatic rings. The molecule has 7 nitrogen and oxygen atoms in total. The summed E-state index contributed by atoms with van der Waals surface area (Å²) >= 11 is 0. The van der Waals surface area contributed by atoms with Gasteiger partial charge in [0.25, 0.3) is 0 Å². The van der Waals surface area contributed by atoms with Crippen LogP contribution in [-0.4, -0.2) is 41.4 Å². The fourth-order valence-corrected chi connectivity index (χ4v) is 2.93. The summed E-state index contributed by atoms with van der Waals surface area (Å²) in [6.45, 7) is 2.23. The first-order chi connectivity index (χ1) is 11.5. The molecule has 2 rings (SSSR count). The van der Waals surface area contributed by atoms with Crippen molar-refractivity contribution in [3.05, 3.63) is 30.3 Å². The lowest BCUT2D eigenvalue weighted by molar-refractivity contribution is -0.137. The van der Waals surface area contributed by atoms with Crippen LogP contribution in [0.2, 0.25) is 0 Å². The Morgan fingerprint density at radius 1 is 1.25 bits per heavy atom. The molecule has 0 unspecified atom stereocenters. The topological polar surface area (TPSA) is 105 Å². The summed E-state index contributed by atoms with van der Waals surface area (Å²) in [6.07, 6.45) is 2.79. The van der Waals surface area contributed by atoms with Gasteiger partial charge in [-0.2, -0.15) is 0 Å². The first-order valence-electron chi connectivity index (χ1n) is 8.18. The summed E-state index contributed by atoms with van der Waals surface area (Å²) in [4.78, 5) is 37.5. The molecule has 0 spiro atoms. The van der Waals surface area contributed by atoms with Crippen molar-refractivity contribution in [3.63, 3.8) is 0 Å². The molecule has 0 saturated carbocycles. The van der Waals surface area contributed by atoms with Gasteiger partial charge < -0.3 is 21.3 Å². The number of benzene rings is 1. The first kappa shape index (κ1) is 17.8. The molecule has 1 aliphatic heterocycles. The molecule has 1 aromatic carbocycles. The fraction of sp³-hybridized carbons (Fsp3) is 0.471. The molecule has 0 aromatic heterocycles. The Hall–Kier alpha value is -2.57. The average Bonchev–Trinajstić information content (AvgIpc) is 2.55. The van der Waals surface area contributed by atoms with Crippen molar-refractivity contribution in [1.82, 2.24) is 10.2 Å². The first-order valence-corrected chi connectivity index (χ1v) is 8.18. The molecule has 7 heteroatoms. The van der Waals surface area contributed by atoms with E-state index in [1.54, 1.807) is 24.0 Å². The molecule has 0 bridgehead atoms. The fourth-order valence-electron chi connectivity index (χ4n) is 2.93. The van der Waals surface area contributed by atoms with E-state index >= 15 is 0 Å². The lowest BCUT2D eigenvalue weighted by Crippen LogP contribution is -2.53. The standard InChI is InChI=1S/C17H24N4O3/c1-12(19-17(24)20-13-7-3-2-4-8-13)16(23)21-10-6-5-9-14(21)11-15(18)22/h2-4,7-8,12,14H,5-6,9-11H2,1H3,(H2,18,22)(H2,19,20,24)/t12-,14-/m1/s1. The van der Waals surface area contributed by atoms with E-state index in [9.17, 15) is 14.4 Å². The van der Waals surface area contributed by atoms with Crippen LogP contribution in [0.3, 0.4) is 0 Å². The maximum Gasteiger partial charge on any atom is 0.319 e. The van der Waals surface area contributed by atoms with Gasteiger partial charge in [-0.1, -0.05) is 18.2 Å². The molecule has 130 valence electrons. The Labute approximate surface area is 141 Å². The van der Waals surface area contributed by atoms with Crippen LogP contribution in [0.15, 0.2) is 30.3 Å². The van der Waals surface area contributed by atoms with Gasteiger partial charge in [0.05, 0.1) is 0 Å². The average molecular weight is 332 g/mol. The number of nitrogens with zero attached hydrogens (tertiary/aromatic N) is 1. The van der Waals surface area contributed by atoms with Crippen LogP contribution in [0.5, 0.6) is 0 Å². The number of carbonyl (C=O) groups excluding carboxylic acids is 3. The van der Waals surface area contributed by atoms with E-state index < -0.39 is 18.0 Å². The van der Waals surface area contributed by atoms with Crippen molar-refractivity contribution in [1.29, 1.82) is 0 Å². The van der Waals surface area contributed by atoms with Gasteiger partial charge in [-0.05, 0) is 38.3 Å². The van der Waals surface area contributed by atoms with Crippen molar-refractivity contribution in [2.24, 2.45) is 5.73 Å². The Morgan fingerprint density at radius 2 is 1.96 bits per heavy atom. The maximum absolute atomic E-state index is 12.6.